The number of halogens is 1. The second-order valence-corrected chi connectivity index (χ2v) is 2.55. The Kier molecular flexibility index (Phi) is 3.05. The largest absolute Gasteiger partial charge is 0.272 e. The van der Waals surface area contributed by atoms with Crippen LogP contribution in [0.4, 0.5) is 5.69 Å². The Morgan fingerprint density at radius 3 is 2.75 bits per heavy atom. The van der Waals surface area contributed by atoms with Gasteiger partial charge in [-0.25, -0.2) is 0 Å². The first-order chi connectivity index (χ1) is 5.75. The normalized spacial score (nSPS) is 9.75. The predicted octanol–water partition coefficient (Wildman–Crippen LogP) is 2.54. The molecule has 0 fully saturated rings. The second-order valence-electron chi connectivity index (χ2n) is 2.24. The summed E-state index contributed by atoms with van der Waals surface area (Å²) in [5.74, 6) is 1.38. The van der Waals surface area contributed by atoms with Gasteiger partial charge in [-0.05, 0) is 6.42 Å². The van der Waals surface area contributed by atoms with Crippen molar-refractivity contribution in [2.75, 3.05) is 0 Å². The van der Waals surface area contributed by atoms with Crippen LogP contribution in [-0.2, 0) is 6.42 Å². The zero-order chi connectivity index (χ0) is 8.97. The van der Waals surface area contributed by atoms with Crippen molar-refractivity contribution in [1.82, 2.24) is 0 Å². The molecule has 0 saturated carbocycles. The molecule has 3 nitrogen and oxygen atoms in total. The SMILES string of the molecule is O=[N+]([O-])c1ccccc1C[CH]Cl. The highest BCUT2D eigenvalue weighted by Gasteiger charge is 2.10. The van der Waals surface area contributed by atoms with Crippen LogP contribution in [0.3, 0.4) is 0 Å². The molecular formula is C8H7ClNO2. The van der Waals surface area contributed by atoms with E-state index in [9.17, 15) is 10.1 Å². The van der Waals surface area contributed by atoms with Crippen LogP contribution in [0.5, 0.6) is 0 Å². The third kappa shape index (κ3) is 1.95. The Bertz CT molecular complexity index is 288. The average Bonchev–Trinajstić information content (AvgIpc) is 2.05. The number of hydrogen-bond acceptors (Lipinski definition) is 2. The fourth-order valence-electron chi connectivity index (χ4n) is 0.945. The van der Waals surface area contributed by atoms with E-state index in [1.165, 1.54) is 11.9 Å². The lowest BCUT2D eigenvalue weighted by Gasteiger charge is -1.97. The Morgan fingerprint density at radius 1 is 1.50 bits per heavy atom. The summed E-state index contributed by atoms with van der Waals surface area (Å²) in [6, 6.07) is 6.55. The van der Waals surface area contributed by atoms with E-state index in [2.05, 4.69) is 0 Å². The minimum Gasteiger partial charge on any atom is -0.258 e. The molecule has 0 bridgehead atoms. The number of rotatable bonds is 3. The van der Waals surface area contributed by atoms with E-state index in [0.717, 1.165) is 0 Å². The molecule has 0 unspecified atom stereocenters. The van der Waals surface area contributed by atoms with Crippen LogP contribution >= 0.6 is 11.6 Å². The highest BCUT2D eigenvalue weighted by Crippen LogP contribution is 2.19. The maximum absolute atomic E-state index is 10.4. The van der Waals surface area contributed by atoms with Gasteiger partial charge in [0.2, 0.25) is 0 Å². The Balaban J connectivity index is 3.00. The third-order valence-corrected chi connectivity index (χ3v) is 1.64. The molecule has 0 N–H and O–H groups in total. The van der Waals surface area contributed by atoms with Gasteiger partial charge in [-0.2, -0.15) is 0 Å². The molecule has 0 spiro atoms. The molecule has 1 radical (unpaired) electrons. The Hall–Kier alpha value is -1.09. The first kappa shape index (κ1) is 9.00. The number of nitro benzene ring substituents is 1. The summed E-state index contributed by atoms with van der Waals surface area (Å²) in [4.78, 5) is 10.0. The molecule has 1 rings (SSSR count). The maximum atomic E-state index is 10.4. The van der Waals surface area contributed by atoms with Gasteiger partial charge in [-0.1, -0.05) is 18.2 Å². The first-order valence-electron chi connectivity index (χ1n) is 3.40. The minimum absolute atomic E-state index is 0.120. The quantitative estimate of drug-likeness (QED) is 0.535. The molecule has 0 amide bonds. The van der Waals surface area contributed by atoms with E-state index in [1.807, 2.05) is 0 Å². The van der Waals surface area contributed by atoms with Gasteiger partial charge < -0.3 is 0 Å². The standard InChI is InChI=1S/C8H7ClNO2/c9-6-5-7-3-1-2-4-8(7)10(11)12/h1-4,6H,5H2. The molecule has 0 atom stereocenters. The highest BCUT2D eigenvalue weighted by molar-refractivity contribution is 6.23. The lowest BCUT2D eigenvalue weighted by atomic mass is 10.1. The number of nitrogens with zero attached hydrogens (tertiary/aromatic N) is 1. The van der Waals surface area contributed by atoms with Crippen molar-refractivity contribution in [3.05, 3.63) is 45.8 Å². The van der Waals surface area contributed by atoms with Crippen molar-refractivity contribution in [2.24, 2.45) is 0 Å². The van der Waals surface area contributed by atoms with Gasteiger partial charge in [-0.3, -0.25) is 10.1 Å². The second kappa shape index (κ2) is 4.07. The van der Waals surface area contributed by atoms with Crippen LogP contribution in [0.25, 0.3) is 0 Å². The Morgan fingerprint density at radius 2 is 2.17 bits per heavy atom. The van der Waals surface area contributed by atoms with Gasteiger partial charge in [0.25, 0.3) is 5.69 Å². The number of nitro groups is 1. The van der Waals surface area contributed by atoms with Crippen LogP contribution in [0.1, 0.15) is 5.56 Å². The first-order valence-corrected chi connectivity index (χ1v) is 3.83. The molecule has 0 saturated heterocycles. The molecule has 4 heteroatoms. The lowest BCUT2D eigenvalue weighted by Crippen LogP contribution is -1.93. The fraction of sp³-hybridized carbons (Fsp3) is 0.125. The van der Waals surface area contributed by atoms with Gasteiger partial charge in [0.1, 0.15) is 0 Å². The maximum Gasteiger partial charge on any atom is 0.272 e. The summed E-state index contributed by atoms with van der Waals surface area (Å²) < 4.78 is 0. The van der Waals surface area contributed by atoms with Gasteiger partial charge in [0.15, 0.2) is 0 Å². The zero-order valence-corrected chi connectivity index (χ0v) is 6.99. The molecule has 0 heterocycles. The summed E-state index contributed by atoms with van der Waals surface area (Å²) in [6.07, 6.45) is 0.415. The Labute approximate surface area is 75.1 Å². The summed E-state index contributed by atoms with van der Waals surface area (Å²) in [6.45, 7) is 0. The monoisotopic (exact) mass is 184 g/mol. The molecule has 0 aliphatic rings. The smallest absolute Gasteiger partial charge is 0.258 e. The van der Waals surface area contributed by atoms with Crippen LogP contribution in [0, 0.1) is 16.0 Å². The lowest BCUT2D eigenvalue weighted by molar-refractivity contribution is -0.385. The van der Waals surface area contributed by atoms with E-state index in [-0.39, 0.29) is 5.69 Å². The van der Waals surface area contributed by atoms with Crippen LogP contribution in [0.15, 0.2) is 24.3 Å². The van der Waals surface area contributed by atoms with Crippen LogP contribution in [-0.4, -0.2) is 4.92 Å². The van der Waals surface area contributed by atoms with Crippen molar-refractivity contribution in [1.29, 1.82) is 0 Å². The molecule has 1 aromatic rings. The molecule has 1 aromatic carbocycles. The highest BCUT2D eigenvalue weighted by atomic mass is 35.5. The van der Waals surface area contributed by atoms with Gasteiger partial charge in [0, 0.05) is 11.6 Å². The number of para-hydroxylation sites is 1. The fourth-order valence-corrected chi connectivity index (χ4v) is 1.11. The minimum atomic E-state index is -0.407. The molecule has 0 aromatic heterocycles. The topological polar surface area (TPSA) is 43.1 Å². The number of benzene rings is 1. The van der Waals surface area contributed by atoms with E-state index < -0.39 is 4.92 Å². The summed E-state index contributed by atoms with van der Waals surface area (Å²) in [5.41, 5.74) is 0.756. The van der Waals surface area contributed by atoms with Crippen molar-refractivity contribution < 1.29 is 4.92 Å². The summed E-state index contributed by atoms with van der Waals surface area (Å²) in [7, 11) is 0. The predicted molar refractivity (Wildman–Crippen MR) is 47.0 cm³/mol. The van der Waals surface area contributed by atoms with Crippen molar-refractivity contribution >= 4 is 17.3 Å². The van der Waals surface area contributed by atoms with E-state index in [0.29, 0.717) is 12.0 Å². The summed E-state index contributed by atoms with van der Waals surface area (Å²) >= 11 is 5.37. The van der Waals surface area contributed by atoms with E-state index in [1.54, 1.807) is 18.2 Å². The van der Waals surface area contributed by atoms with Crippen molar-refractivity contribution in [2.45, 2.75) is 6.42 Å². The third-order valence-electron chi connectivity index (χ3n) is 1.49. The summed E-state index contributed by atoms with van der Waals surface area (Å²) in [5, 5.41) is 10.4. The molecule has 12 heavy (non-hydrogen) atoms. The van der Waals surface area contributed by atoms with Crippen LogP contribution < -0.4 is 0 Å². The average molecular weight is 185 g/mol. The van der Waals surface area contributed by atoms with E-state index in [4.69, 9.17) is 11.6 Å². The van der Waals surface area contributed by atoms with Gasteiger partial charge in [-0.15, -0.1) is 11.6 Å². The van der Waals surface area contributed by atoms with Crippen molar-refractivity contribution in [3.8, 4) is 0 Å². The van der Waals surface area contributed by atoms with Crippen molar-refractivity contribution in [3.63, 3.8) is 0 Å². The van der Waals surface area contributed by atoms with Crippen LogP contribution in [0.2, 0.25) is 0 Å². The van der Waals surface area contributed by atoms with Gasteiger partial charge >= 0.3 is 0 Å². The zero-order valence-electron chi connectivity index (χ0n) is 6.24. The van der Waals surface area contributed by atoms with Gasteiger partial charge in [0.05, 0.1) is 10.8 Å². The number of hydrogen-bond donors (Lipinski definition) is 0. The molecular weight excluding hydrogens is 178 g/mol. The molecule has 63 valence electrons. The van der Waals surface area contributed by atoms with E-state index >= 15 is 0 Å². The molecule has 0 aliphatic carbocycles. The molecule has 0 aliphatic heterocycles.